The van der Waals surface area contributed by atoms with Gasteiger partial charge in [-0.15, -0.1) is 11.3 Å². The number of aliphatic hydroxyl groups excluding tert-OH is 1. The fourth-order valence-corrected chi connectivity index (χ4v) is 5.77. The lowest BCUT2D eigenvalue weighted by molar-refractivity contribution is 0.102. The van der Waals surface area contributed by atoms with Gasteiger partial charge in [-0.1, -0.05) is 50.2 Å². The molecule has 0 bridgehead atoms. The Morgan fingerprint density at radius 3 is 2.27 bits per heavy atom. The number of anilines is 3. The number of hydrogen-bond acceptors (Lipinski definition) is 6. The third kappa shape index (κ3) is 2.91. The molecule has 3 aromatic heterocycles. The van der Waals surface area contributed by atoms with E-state index in [1.54, 1.807) is 41.9 Å². The number of ketones is 1. The van der Waals surface area contributed by atoms with Gasteiger partial charge in [-0.3, -0.25) is 9.69 Å². The Morgan fingerprint density at radius 2 is 1.61 bits per heavy atom. The van der Waals surface area contributed by atoms with Crippen LogP contribution in [0.25, 0.3) is 6.08 Å². The number of hydrogen-bond donors (Lipinski definition) is 1. The second kappa shape index (κ2) is 7.20. The van der Waals surface area contributed by atoms with Crippen molar-refractivity contribution in [3.05, 3.63) is 106 Å². The summed E-state index contributed by atoms with van der Waals surface area (Å²) in [6, 6.07) is 19.4. The van der Waals surface area contributed by atoms with Gasteiger partial charge >= 0.3 is 0 Å². The number of thiophene rings is 1. The summed E-state index contributed by atoms with van der Waals surface area (Å²) in [5.41, 5.74) is 3.69. The molecule has 162 valence electrons. The van der Waals surface area contributed by atoms with Crippen LogP contribution in [0.15, 0.2) is 78.6 Å². The first-order valence-corrected chi connectivity index (χ1v) is 11.6. The molecule has 0 amide bonds. The molecule has 0 fully saturated rings. The van der Waals surface area contributed by atoms with Crippen LogP contribution in [0.4, 0.5) is 16.6 Å². The highest BCUT2D eigenvalue weighted by molar-refractivity contribution is 7.17. The van der Waals surface area contributed by atoms with Crippen LogP contribution in [0.3, 0.4) is 0 Å². The maximum atomic E-state index is 12.9. The van der Waals surface area contributed by atoms with Gasteiger partial charge in [-0.05, 0) is 35.9 Å². The third-order valence-electron chi connectivity index (χ3n) is 6.53. The number of carbonyl (C=O) groups is 1. The van der Waals surface area contributed by atoms with E-state index in [1.807, 2.05) is 36.4 Å². The molecule has 1 unspecified atom stereocenters. The zero-order valence-corrected chi connectivity index (χ0v) is 19.0. The van der Waals surface area contributed by atoms with Gasteiger partial charge in [0, 0.05) is 44.9 Å². The van der Waals surface area contributed by atoms with Gasteiger partial charge in [0.2, 0.25) is 0 Å². The Labute approximate surface area is 195 Å². The van der Waals surface area contributed by atoms with Crippen molar-refractivity contribution in [1.29, 1.82) is 0 Å². The fraction of sp³-hybridized carbons (Fsp3) is 0.148. The quantitative estimate of drug-likeness (QED) is 0.381. The van der Waals surface area contributed by atoms with Crippen molar-refractivity contribution in [3.63, 3.8) is 0 Å². The molecule has 4 aromatic rings. The molecule has 1 aromatic carbocycles. The fourth-order valence-electron chi connectivity index (χ4n) is 4.81. The highest BCUT2D eigenvalue weighted by Crippen LogP contribution is 2.51. The lowest BCUT2D eigenvalue weighted by Crippen LogP contribution is -2.31. The summed E-state index contributed by atoms with van der Waals surface area (Å²) in [4.78, 5) is 25.3. The zero-order chi connectivity index (χ0) is 22.7. The SMILES string of the molecule is CC1(C)c2cccnc2N(c2ccc(/C=C3/C(=O)c4ccccc4C3O)s2)c2ncccc21. The number of benzene rings is 1. The van der Waals surface area contributed by atoms with Crippen LogP contribution >= 0.6 is 11.3 Å². The zero-order valence-electron chi connectivity index (χ0n) is 18.2. The lowest BCUT2D eigenvalue weighted by Gasteiger charge is -2.39. The molecule has 1 aliphatic carbocycles. The van der Waals surface area contributed by atoms with Gasteiger partial charge < -0.3 is 5.11 Å². The summed E-state index contributed by atoms with van der Waals surface area (Å²) in [5, 5.41) is 11.7. The Balaban J connectivity index is 1.45. The largest absolute Gasteiger partial charge is 0.383 e. The van der Waals surface area contributed by atoms with E-state index in [2.05, 4.69) is 30.9 Å². The van der Waals surface area contributed by atoms with Crippen LogP contribution in [0.1, 0.15) is 51.9 Å². The van der Waals surface area contributed by atoms with E-state index in [4.69, 9.17) is 9.97 Å². The molecular formula is C27H21N3O2S. The molecule has 6 heteroatoms. The number of aliphatic hydroxyl groups is 1. The molecule has 0 saturated carbocycles. The maximum absolute atomic E-state index is 12.9. The second-order valence-corrected chi connectivity index (χ2v) is 9.90. The van der Waals surface area contributed by atoms with E-state index >= 15 is 0 Å². The number of carbonyl (C=O) groups excluding carboxylic acids is 1. The topological polar surface area (TPSA) is 66.3 Å². The highest BCUT2D eigenvalue weighted by Gasteiger charge is 2.39. The van der Waals surface area contributed by atoms with Crippen LogP contribution < -0.4 is 4.90 Å². The number of rotatable bonds is 2. The van der Waals surface area contributed by atoms with Crippen molar-refractivity contribution in [2.24, 2.45) is 0 Å². The Morgan fingerprint density at radius 1 is 0.939 bits per heavy atom. The van der Waals surface area contributed by atoms with Gasteiger partial charge in [-0.25, -0.2) is 9.97 Å². The summed E-state index contributed by atoms with van der Waals surface area (Å²) in [6.45, 7) is 4.39. The van der Waals surface area contributed by atoms with E-state index in [-0.39, 0.29) is 11.2 Å². The Hall–Kier alpha value is -3.61. The van der Waals surface area contributed by atoms with Crippen molar-refractivity contribution in [3.8, 4) is 0 Å². The van der Waals surface area contributed by atoms with Crippen molar-refractivity contribution < 1.29 is 9.90 Å². The van der Waals surface area contributed by atoms with Gasteiger partial charge in [-0.2, -0.15) is 0 Å². The normalized spacial score (nSPS) is 19.4. The predicted molar refractivity (Wildman–Crippen MR) is 130 cm³/mol. The third-order valence-corrected chi connectivity index (χ3v) is 7.55. The average Bonchev–Trinajstić information content (AvgIpc) is 3.39. The number of nitrogens with zero attached hydrogens (tertiary/aromatic N) is 3. The van der Waals surface area contributed by atoms with Crippen LogP contribution in [0, 0.1) is 0 Å². The van der Waals surface area contributed by atoms with Crippen LogP contribution in [0.5, 0.6) is 0 Å². The summed E-state index contributed by atoms with van der Waals surface area (Å²) in [5.74, 6) is 1.60. The molecule has 0 saturated heterocycles. The Bertz CT molecular complexity index is 1400. The molecule has 5 nitrogen and oxygen atoms in total. The van der Waals surface area contributed by atoms with Crippen molar-refractivity contribution >= 4 is 39.8 Å². The number of Topliss-reactive ketones (excluding diaryl/α,β-unsaturated/α-hetero) is 1. The predicted octanol–water partition coefficient (Wildman–Crippen LogP) is 5.96. The van der Waals surface area contributed by atoms with E-state index in [0.717, 1.165) is 32.6 Å². The highest BCUT2D eigenvalue weighted by atomic mass is 32.1. The minimum Gasteiger partial charge on any atom is -0.383 e. The summed E-state index contributed by atoms with van der Waals surface area (Å²) in [7, 11) is 0. The molecular weight excluding hydrogens is 430 g/mol. The lowest BCUT2D eigenvalue weighted by atomic mass is 9.76. The van der Waals surface area contributed by atoms with E-state index in [1.165, 1.54) is 0 Å². The standard InChI is InChI=1S/C27H21N3O2S/c1-27(2)20-9-5-13-28-25(20)30(26-21(27)10-6-14-29-26)22-12-11-16(33-22)15-19-23(31)17-7-3-4-8-18(17)24(19)32/h3-15,23,31H,1-2H3/b19-15+. The van der Waals surface area contributed by atoms with Gasteiger partial charge in [0.25, 0.3) is 0 Å². The van der Waals surface area contributed by atoms with E-state index < -0.39 is 6.10 Å². The average molecular weight is 452 g/mol. The second-order valence-electron chi connectivity index (χ2n) is 8.80. The molecule has 1 aliphatic heterocycles. The molecule has 6 rings (SSSR count). The molecule has 1 atom stereocenters. The monoisotopic (exact) mass is 451 g/mol. The number of aromatic nitrogens is 2. The van der Waals surface area contributed by atoms with Crippen LogP contribution in [-0.2, 0) is 5.41 Å². The first-order chi connectivity index (χ1) is 16.0. The van der Waals surface area contributed by atoms with Gasteiger partial charge in [0.05, 0.1) is 0 Å². The van der Waals surface area contributed by atoms with Gasteiger partial charge in [0.15, 0.2) is 5.78 Å². The van der Waals surface area contributed by atoms with Crippen LogP contribution in [-0.4, -0.2) is 20.9 Å². The van der Waals surface area contributed by atoms with E-state index in [0.29, 0.717) is 16.7 Å². The summed E-state index contributed by atoms with van der Waals surface area (Å²) < 4.78 is 0. The van der Waals surface area contributed by atoms with Crippen molar-refractivity contribution in [2.45, 2.75) is 25.4 Å². The molecule has 4 heterocycles. The molecule has 0 spiro atoms. The molecule has 2 aliphatic rings. The van der Waals surface area contributed by atoms with Crippen molar-refractivity contribution in [1.82, 2.24) is 9.97 Å². The first-order valence-electron chi connectivity index (χ1n) is 10.8. The minimum atomic E-state index is -0.903. The molecule has 33 heavy (non-hydrogen) atoms. The first kappa shape index (κ1) is 20.0. The Kier molecular flexibility index (Phi) is 4.37. The van der Waals surface area contributed by atoms with E-state index in [9.17, 15) is 9.90 Å². The number of fused-ring (bicyclic) bond motifs is 3. The van der Waals surface area contributed by atoms with Crippen molar-refractivity contribution in [2.75, 3.05) is 4.90 Å². The number of pyridine rings is 2. The smallest absolute Gasteiger partial charge is 0.192 e. The minimum absolute atomic E-state index is 0.119. The van der Waals surface area contributed by atoms with Crippen LogP contribution in [0.2, 0.25) is 0 Å². The maximum Gasteiger partial charge on any atom is 0.192 e. The van der Waals surface area contributed by atoms with Gasteiger partial charge in [0.1, 0.15) is 22.7 Å². The summed E-state index contributed by atoms with van der Waals surface area (Å²) >= 11 is 1.54. The molecule has 1 N–H and O–H groups in total. The molecule has 0 radical (unpaired) electrons. The summed E-state index contributed by atoms with van der Waals surface area (Å²) in [6.07, 6.45) is 4.50.